The van der Waals surface area contributed by atoms with Crippen molar-refractivity contribution >= 4 is 66.4 Å². The van der Waals surface area contributed by atoms with Gasteiger partial charge in [0.25, 0.3) is 0 Å². The Bertz CT molecular complexity index is 3030. The van der Waals surface area contributed by atoms with Gasteiger partial charge in [-0.1, -0.05) is 147 Å². The summed E-state index contributed by atoms with van der Waals surface area (Å²) in [6, 6.07) is 62.9. The second-order valence-electron chi connectivity index (χ2n) is 16.2. The van der Waals surface area contributed by atoms with E-state index in [0.29, 0.717) is 11.8 Å². The third-order valence-corrected chi connectivity index (χ3v) is 12.7. The molecular weight excluding hydrogens is 701 g/mol. The number of hydrogen-bond donors (Lipinski definition) is 0. The third-order valence-electron chi connectivity index (χ3n) is 12.7. The van der Waals surface area contributed by atoms with Crippen LogP contribution in [0.15, 0.2) is 194 Å². The minimum Gasteiger partial charge on any atom is -0.314 e. The predicted octanol–water partition coefficient (Wildman–Crippen LogP) is 15.4. The molecule has 0 saturated carbocycles. The second kappa shape index (κ2) is 13.9. The van der Waals surface area contributed by atoms with Crippen LogP contribution in [0.1, 0.15) is 49.3 Å². The average Bonchev–Trinajstić information content (AvgIpc) is 3.63. The highest BCUT2D eigenvalue weighted by Crippen LogP contribution is 2.43. The van der Waals surface area contributed by atoms with Gasteiger partial charge in [-0.05, 0) is 134 Å². The van der Waals surface area contributed by atoms with E-state index in [1.807, 2.05) is 0 Å². The summed E-state index contributed by atoms with van der Waals surface area (Å²) < 4.78 is 2.46. The van der Waals surface area contributed by atoms with Crippen LogP contribution >= 0.6 is 0 Å². The van der Waals surface area contributed by atoms with Gasteiger partial charge < -0.3 is 9.47 Å². The summed E-state index contributed by atoms with van der Waals surface area (Å²) in [6.07, 6.45) is 11.4. The van der Waals surface area contributed by atoms with E-state index in [0.717, 1.165) is 29.9 Å². The van der Waals surface area contributed by atoms with Crippen molar-refractivity contribution in [3.63, 3.8) is 0 Å². The van der Waals surface area contributed by atoms with Crippen molar-refractivity contribution in [2.75, 3.05) is 4.90 Å². The highest BCUT2D eigenvalue weighted by atomic mass is 15.2. The Kier molecular flexibility index (Phi) is 8.25. The number of fused-ring (bicyclic) bond motifs is 8. The first kappa shape index (κ1) is 34.4. The molecule has 0 aliphatic heterocycles. The Labute approximate surface area is 340 Å². The maximum absolute atomic E-state index is 2.47. The molecule has 0 spiro atoms. The minimum atomic E-state index is 0.313. The molecule has 2 nitrogen and oxygen atoms in total. The van der Waals surface area contributed by atoms with E-state index in [-0.39, 0.29) is 0 Å². The van der Waals surface area contributed by atoms with Crippen molar-refractivity contribution in [2.45, 2.75) is 32.6 Å². The summed E-state index contributed by atoms with van der Waals surface area (Å²) in [5, 5.41) is 7.71. The van der Waals surface area contributed by atoms with Gasteiger partial charge >= 0.3 is 0 Å². The lowest BCUT2D eigenvalue weighted by molar-refractivity contribution is 0.680. The van der Waals surface area contributed by atoms with Crippen LogP contribution < -0.4 is 4.90 Å². The van der Waals surface area contributed by atoms with Crippen molar-refractivity contribution in [2.24, 2.45) is 5.92 Å². The van der Waals surface area contributed by atoms with E-state index in [1.165, 1.54) is 82.4 Å². The fraction of sp³-hybridized carbons (Fsp3) is 0.107. The molecule has 1 aromatic heterocycles. The summed E-state index contributed by atoms with van der Waals surface area (Å²) in [7, 11) is 0. The van der Waals surface area contributed by atoms with Gasteiger partial charge in [-0.2, -0.15) is 0 Å². The SMILES string of the molecule is CC1CC(c2ccccc2)=CC=C1N(c1ccc(-c2ccc3c(c2)C=CCC3C)cc1)c1ccc(-n2c3ccc4ccccc4c3c3c4ccccc4ccc32)cc1. The molecule has 1 heterocycles. The fourth-order valence-corrected chi connectivity index (χ4v) is 9.71. The lowest BCUT2D eigenvalue weighted by Crippen LogP contribution is -2.23. The molecule has 8 aromatic carbocycles. The molecule has 2 aliphatic carbocycles. The van der Waals surface area contributed by atoms with Crippen LogP contribution in [0, 0.1) is 5.92 Å². The lowest BCUT2D eigenvalue weighted by Gasteiger charge is -2.34. The summed E-state index contributed by atoms with van der Waals surface area (Å²) in [6.45, 7) is 4.69. The van der Waals surface area contributed by atoms with E-state index in [2.05, 4.69) is 217 Å². The molecule has 2 unspecified atom stereocenters. The number of allylic oxidation sites excluding steroid dienone is 5. The molecule has 11 rings (SSSR count). The Morgan fingerprint density at radius 1 is 0.517 bits per heavy atom. The van der Waals surface area contributed by atoms with Crippen LogP contribution in [-0.4, -0.2) is 4.57 Å². The van der Waals surface area contributed by atoms with E-state index in [1.54, 1.807) is 0 Å². The normalized spacial score (nSPS) is 16.4. The van der Waals surface area contributed by atoms with Crippen molar-refractivity contribution in [1.29, 1.82) is 0 Å². The number of rotatable bonds is 6. The fourth-order valence-electron chi connectivity index (χ4n) is 9.71. The van der Waals surface area contributed by atoms with Gasteiger partial charge in [0.2, 0.25) is 0 Å². The first-order valence-corrected chi connectivity index (χ1v) is 20.7. The van der Waals surface area contributed by atoms with Gasteiger partial charge in [-0.3, -0.25) is 0 Å². The molecule has 0 bridgehead atoms. The summed E-state index contributed by atoms with van der Waals surface area (Å²) in [5.74, 6) is 0.876. The number of benzene rings is 8. The quantitative estimate of drug-likeness (QED) is 0.165. The maximum Gasteiger partial charge on any atom is 0.0547 e. The van der Waals surface area contributed by atoms with Crippen LogP contribution in [0.2, 0.25) is 0 Å². The Hall–Kier alpha value is -6.90. The van der Waals surface area contributed by atoms with Crippen LogP contribution in [0.4, 0.5) is 11.4 Å². The first-order valence-electron chi connectivity index (χ1n) is 20.7. The highest BCUT2D eigenvalue weighted by molar-refractivity contribution is 6.28. The number of aromatic nitrogens is 1. The van der Waals surface area contributed by atoms with Crippen molar-refractivity contribution in [3.8, 4) is 16.8 Å². The molecule has 278 valence electrons. The van der Waals surface area contributed by atoms with Crippen molar-refractivity contribution in [1.82, 2.24) is 4.57 Å². The van der Waals surface area contributed by atoms with Crippen molar-refractivity contribution < 1.29 is 0 Å². The summed E-state index contributed by atoms with van der Waals surface area (Å²) in [4.78, 5) is 2.47. The average molecular weight is 745 g/mol. The molecule has 58 heavy (non-hydrogen) atoms. The Morgan fingerprint density at radius 3 is 1.78 bits per heavy atom. The van der Waals surface area contributed by atoms with Gasteiger partial charge in [-0.15, -0.1) is 0 Å². The van der Waals surface area contributed by atoms with E-state index >= 15 is 0 Å². The van der Waals surface area contributed by atoms with Crippen LogP contribution in [0.5, 0.6) is 0 Å². The smallest absolute Gasteiger partial charge is 0.0547 e. The standard InChI is InChI=1S/C56H44N2/c1-37-11-10-16-45-36-44(21-31-49(37)45)40-19-25-46(26-20-40)57(52-32-24-43(35-38(52)2)39-12-4-3-5-13-39)47-27-29-48(30-28-47)58-53-33-22-41-14-6-8-17-50(41)55(53)56-51-18-9-7-15-42(51)23-34-54(56)58/h3-10,12-34,36-38H,11,35H2,1-2H3. The molecule has 0 fully saturated rings. The van der Waals surface area contributed by atoms with Crippen molar-refractivity contribution in [3.05, 3.63) is 210 Å². The van der Waals surface area contributed by atoms with E-state index in [9.17, 15) is 0 Å². The molecule has 0 radical (unpaired) electrons. The van der Waals surface area contributed by atoms with Gasteiger partial charge in [0.05, 0.1) is 11.0 Å². The van der Waals surface area contributed by atoms with Crippen LogP contribution in [0.3, 0.4) is 0 Å². The second-order valence-corrected chi connectivity index (χ2v) is 16.2. The van der Waals surface area contributed by atoms with Gasteiger partial charge in [0.15, 0.2) is 0 Å². The van der Waals surface area contributed by atoms with Crippen LogP contribution in [-0.2, 0) is 0 Å². The molecule has 0 saturated heterocycles. The predicted molar refractivity (Wildman–Crippen MR) is 248 cm³/mol. The van der Waals surface area contributed by atoms with E-state index in [4.69, 9.17) is 0 Å². The highest BCUT2D eigenvalue weighted by Gasteiger charge is 2.25. The van der Waals surface area contributed by atoms with Gasteiger partial charge in [0.1, 0.15) is 0 Å². The zero-order valence-electron chi connectivity index (χ0n) is 32.9. The summed E-state index contributed by atoms with van der Waals surface area (Å²) >= 11 is 0. The topological polar surface area (TPSA) is 8.17 Å². The molecule has 2 atom stereocenters. The first-order chi connectivity index (χ1) is 28.6. The molecule has 0 amide bonds. The minimum absolute atomic E-state index is 0.313. The zero-order chi connectivity index (χ0) is 38.7. The summed E-state index contributed by atoms with van der Waals surface area (Å²) in [5.41, 5.74) is 15.2. The van der Waals surface area contributed by atoms with Gasteiger partial charge in [-0.25, -0.2) is 0 Å². The number of hydrogen-bond acceptors (Lipinski definition) is 1. The van der Waals surface area contributed by atoms with Gasteiger partial charge in [0, 0.05) is 39.4 Å². The lowest BCUT2D eigenvalue weighted by atomic mass is 9.86. The number of nitrogens with zero attached hydrogens (tertiary/aromatic N) is 2. The Morgan fingerprint density at radius 2 is 1.12 bits per heavy atom. The molecule has 2 heteroatoms. The molecule has 0 N–H and O–H groups in total. The Balaban J connectivity index is 1.04. The molecule has 2 aliphatic rings. The largest absolute Gasteiger partial charge is 0.314 e. The molecule has 9 aromatic rings. The molecular formula is C56H44N2. The zero-order valence-corrected chi connectivity index (χ0v) is 32.9. The number of anilines is 2. The third kappa shape index (κ3) is 5.71. The van der Waals surface area contributed by atoms with Crippen LogP contribution in [0.25, 0.3) is 71.8 Å². The monoisotopic (exact) mass is 744 g/mol. The maximum atomic E-state index is 2.47. The van der Waals surface area contributed by atoms with E-state index < -0.39 is 0 Å².